The number of nitrogens with one attached hydrogen (secondary N) is 1. The maximum absolute atomic E-state index is 12.4. The van der Waals surface area contributed by atoms with Crippen molar-refractivity contribution >= 4 is 35.1 Å². The molecule has 0 fully saturated rings. The molecule has 1 heterocycles. The minimum atomic E-state index is -0.329. The van der Waals surface area contributed by atoms with Crippen LogP contribution >= 0.6 is 22.9 Å². The minimum absolute atomic E-state index is 0.221. The molecule has 0 atom stereocenters. The number of halogens is 1. The van der Waals surface area contributed by atoms with Crippen LogP contribution in [0.1, 0.15) is 26.5 Å². The van der Waals surface area contributed by atoms with Crippen LogP contribution in [-0.2, 0) is 0 Å². The maximum Gasteiger partial charge on any atom is 0.283 e. The number of benzene rings is 2. The van der Waals surface area contributed by atoms with Crippen molar-refractivity contribution in [1.82, 2.24) is 10.4 Å². The summed E-state index contributed by atoms with van der Waals surface area (Å²) in [7, 11) is 0. The van der Waals surface area contributed by atoms with Gasteiger partial charge in [-0.2, -0.15) is 5.10 Å². The Bertz CT molecular complexity index is 998. The first-order valence-corrected chi connectivity index (χ1v) is 9.00. The van der Waals surface area contributed by atoms with Crippen molar-refractivity contribution in [3.8, 4) is 16.3 Å². The van der Waals surface area contributed by atoms with Crippen LogP contribution in [0.4, 0.5) is 0 Å². The molecule has 0 spiro atoms. The standard InChI is InChI=1S/C19H16ClN3O2S/c1-11-9-13(7-8-16(11)24)10-21-23-18(25)17-12(2)22-19(26-17)14-5-3-4-6-15(14)20/h3-10,24H,1-2H3,(H,23,25)/b21-10+. The van der Waals surface area contributed by atoms with Crippen molar-refractivity contribution in [3.63, 3.8) is 0 Å². The molecule has 3 rings (SSSR count). The average Bonchev–Trinajstić information content (AvgIpc) is 3.00. The van der Waals surface area contributed by atoms with Crippen molar-refractivity contribution in [3.05, 3.63) is 69.2 Å². The van der Waals surface area contributed by atoms with Gasteiger partial charge >= 0.3 is 0 Å². The first-order valence-electron chi connectivity index (χ1n) is 7.81. The summed E-state index contributed by atoms with van der Waals surface area (Å²) in [5, 5.41) is 14.8. The van der Waals surface area contributed by atoms with Gasteiger partial charge in [-0.05, 0) is 49.2 Å². The molecule has 132 valence electrons. The van der Waals surface area contributed by atoms with Crippen LogP contribution in [0.2, 0.25) is 5.02 Å². The Morgan fingerprint density at radius 3 is 2.77 bits per heavy atom. The number of hydrogen-bond acceptors (Lipinski definition) is 5. The SMILES string of the molecule is Cc1cc(/C=N/NC(=O)c2sc(-c3ccccc3Cl)nc2C)ccc1O. The molecule has 2 N–H and O–H groups in total. The summed E-state index contributed by atoms with van der Waals surface area (Å²) in [6.45, 7) is 3.57. The van der Waals surface area contributed by atoms with Crippen molar-refractivity contribution in [2.75, 3.05) is 0 Å². The number of aryl methyl sites for hydroxylation is 2. The van der Waals surface area contributed by atoms with E-state index < -0.39 is 0 Å². The largest absolute Gasteiger partial charge is 0.508 e. The molecule has 7 heteroatoms. The van der Waals surface area contributed by atoms with E-state index in [4.69, 9.17) is 11.6 Å². The molecule has 0 saturated carbocycles. The second-order valence-corrected chi connectivity index (χ2v) is 7.06. The fourth-order valence-electron chi connectivity index (χ4n) is 2.33. The van der Waals surface area contributed by atoms with E-state index in [0.29, 0.717) is 20.6 Å². The zero-order valence-corrected chi connectivity index (χ0v) is 15.7. The molecule has 0 radical (unpaired) electrons. The van der Waals surface area contributed by atoms with Gasteiger partial charge in [0.1, 0.15) is 15.6 Å². The third kappa shape index (κ3) is 3.92. The summed E-state index contributed by atoms with van der Waals surface area (Å²) in [6.07, 6.45) is 1.52. The number of carbonyl (C=O) groups is 1. The lowest BCUT2D eigenvalue weighted by molar-refractivity contribution is 0.0958. The highest BCUT2D eigenvalue weighted by atomic mass is 35.5. The lowest BCUT2D eigenvalue weighted by Crippen LogP contribution is -2.17. The van der Waals surface area contributed by atoms with Crippen LogP contribution in [0.5, 0.6) is 5.75 Å². The molecule has 0 aliphatic rings. The van der Waals surface area contributed by atoms with E-state index in [1.54, 1.807) is 38.1 Å². The van der Waals surface area contributed by atoms with E-state index >= 15 is 0 Å². The zero-order valence-electron chi connectivity index (χ0n) is 14.2. The maximum atomic E-state index is 12.4. The molecule has 1 amide bonds. The first kappa shape index (κ1) is 18.1. The van der Waals surface area contributed by atoms with E-state index in [1.807, 2.05) is 18.2 Å². The van der Waals surface area contributed by atoms with E-state index in [2.05, 4.69) is 15.5 Å². The van der Waals surface area contributed by atoms with E-state index in [1.165, 1.54) is 17.6 Å². The predicted octanol–water partition coefficient (Wildman–Crippen LogP) is 4.55. The Labute approximate surface area is 160 Å². The fourth-order valence-corrected chi connectivity index (χ4v) is 3.61. The minimum Gasteiger partial charge on any atom is -0.508 e. The topological polar surface area (TPSA) is 74.6 Å². The number of phenols is 1. The molecular formula is C19H16ClN3O2S. The number of amides is 1. The lowest BCUT2D eigenvalue weighted by Gasteiger charge is -2.00. The lowest BCUT2D eigenvalue weighted by atomic mass is 10.1. The highest BCUT2D eigenvalue weighted by Crippen LogP contribution is 2.32. The Hall–Kier alpha value is -2.70. The molecule has 3 aromatic rings. The molecule has 2 aromatic carbocycles. The van der Waals surface area contributed by atoms with Gasteiger partial charge in [0.15, 0.2) is 0 Å². The highest BCUT2D eigenvalue weighted by Gasteiger charge is 2.17. The Morgan fingerprint density at radius 2 is 2.04 bits per heavy atom. The average molecular weight is 386 g/mol. The quantitative estimate of drug-likeness (QED) is 0.511. The van der Waals surface area contributed by atoms with Gasteiger partial charge in [0.05, 0.1) is 16.9 Å². The van der Waals surface area contributed by atoms with Crippen LogP contribution in [-0.4, -0.2) is 22.2 Å². The number of phenolic OH excluding ortho intramolecular Hbond substituents is 1. The molecule has 0 unspecified atom stereocenters. The third-order valence-corrected chi connectivity index (χ3v) is 5.23. The summed E-state index contributed by atoms with van der Waals surface area (Å²) in [5.74, 6) is -0.108. The predicted molar refractivity (Wildman–Crippen MR) is 105 cm³/mol. The third-order valence-electron chi connectivity index (χ3n) is 3.71. The van der Waals surface area contributed by atoms with Gasteiger partial charge in [-0.1, -0.05) is 29.8 Å². The summed E-state index contributed by atoms with van der Waals surface area (Å²) in [5.41, 5.74) is 5.44. The number of aromatic nitrogens is 1. The molecule has 5 nitrogen and oxygen atoms in total. The smallest absolute Gasteiger partial charge is 0.283 e. The second kappa shape index (κ2) is 7.68. The number of rotatable bonds is 4. The number of hydrazone groups is 1. The van der Waals surface area contributed by atoms with E-state index in [0.717, 1.165) is 16.7 Å². The molecule has 1 aromatic heterocycles. The first-order chi connectivity index (χ1) is 12.5. The van der Waals surface area contributed by atoms with Crippen LogP contribution in [0.25, 0.3) is 10.6 Å². The highest BCUT2D eigenvalue weighted by molar-refractivity contribution is 7.17. The van der Waals surface area contributed by atoms with Gasteiger partial charge in [0.2, 0.25) is 0 Å². The van der Waals surface area contributed by atoms with Gasteiger partial charge in [-0.15, -0.1) is 11.3 Å². The Kier molecular flexibility index (Phi) is 5.35. The normalized spacial score (nSPS) is 11.0. The monoisotopic (exact) mass is 385 g/mol. The van der Waals surface area contributed by atoms with Crippen LogP contribution in [0.3, 0.4) is 0 Å². The van der Waals surface area contributed by atoms with Crippen molar-refractivity contribution in [1.29, 1.82) is 0 Å². The number of hydrogen-bond donors (Lipinski definition) is 2. The Balaban J connectivity index is 1.75. The van der Waals surface area contributed by atoms with Gasteiger partial charge in [0.25, 0.3) is 5.91 Å². The fraction of sp³-hybridized carbons (Fsp3) is 0.105. The van der Waals surface area contributed by atoms with Gasteiger partial charge in [0, 0.05) is 5.56 Å². The number of nitrogens with zero attached hydrogens (tertiary/aromatic N) is 2. The number of carbonyl (C=O) groups excluding carboxylic acids is 1. The Morgan fingerprint density at radius 1 is 1.27 bits per heavy atom. The summed E-state index contributed by atoms with van der Waals surface area (Å²) in [4.78, 5) is 17.3. The molecular weight excluding hydrogens is 370 g/mol. The summed E-state index contributed by atoms with van der Waals surface area (Å²) < 4.78 is 0. The van der Waals surface area contributed by atoms with Crippen molar-refractivity contribution in [2.24, 2.45) is 5.10 Å². The van der Waals surface area contributed by atoms with E-state index in [-0.39, 0.29) is 11.7 Å². The van der Waals surface area contributed by atoms with Crippen LogP contribution in [0.15, 0.2) is 47.6 Å². The van der Waals surface area contributed by atoms with Gasteiger partial charge in [-0.3, -0.25) is 4.79 Å². The number of aromatic hydroxyl groups is 1. The van der Waals surface area contributed by atoms with Crippen LogP contribution in [0, 0.1) is 13.8 Å². The van der Waals surface area contributed by atoms with Gasteiger partial charge < -0.3 is 5.11 Å². The molecule has 0 bridgehead atoms. The van der Waals surface area contributed by atoms with Gasteiger partial charge in [-0.25, -0.2) is 10.4 Å². The number of thiazole rings is 1. The molecule has 26 heavy (non-hydrogen) atoms. The summed E-state index contributed by atoms with van der Waals surface area (Å²) in [6, 6.07) is 12.5. The zero-order chi connectivity index (χ0) is 18.7. The van der Waals surface area contributed by atoms with Crippen molar-refractivity contribution in [2.45, 2.75) is 13.8 Å². The summed E-state index contributed by atoms with van der Waals surface area (Å²) >= 11 is 7.47. The van der Waals surface area contributed by atoms with Crippen molar-refractivity contribution < 1.29 is 9.90 Å². The van der Waals surface area contributed by atoms with E-state index in [9.17, 15) is 9.90 Å². The molecule has 0 saturated heterocycles. The molecule has 0 aliphatic carbocycles. The molecule has 0 aliphatic heterocycles. The van der Waals surface area contributed by atoms with Crippen LogP contribution < -0.4 is 5.43 Å². The second-order valence-electron chi connectivity index (χ2n) is 5.66.